The Morgan fingerprint density at radius 2 is 1.58 bits per heavy atom. The van der Waals surface area contributed by atoms with Crippen LogP contribution in [-0.2, 0) is 19.2 Å². The molecule has 0 N–H and O–H groups in total. The molecule has 2 fully saturated rings. The van der Waals surface area contributed by atoms with Crippen molar-refractivity contribution in [1.82, 2.24) is 0 Å². The molecule has 0 spiro atoms. The summed E-state index contributed by atoms with van der Waals surface area (Å²) in [5.74, 6) is -1.83. The minimum absolute atomic E-state index is 0.169. The fourth-order valence-electron chi connectivity index (χ4n) is 5.22. The number of esters is 1. The molecule has 168 valence electrons. The maximum Gasteiger partial charge on any atom is 0.308 e. The highest BCUT2D eigenvalue weighted by Gasteiger charge is 2.63. The van der Waals surface area contributed by atoms with Crippen LogP contribution in [0.2, 0.25) is 0 Å². The molecule has 5 rings (SSSR count). The van der Waals surface area contributed by atoms with E-state index in [1.807, 2.05) is 29.2 Å². The molecule has 0 saturated carbocycles. The number of ketones is 1. The molecule has 4 atom stereocenters. The lowest BCUT2D eigenvalue weighted by Gasteiger charge is -2.36. The molecule has 2 saturated heterocycles. The fourth-order valence-corrected chi connectivity index (χ4v) is 5.22. The first kappa shape index (κ1) is 20.9. The van der Waals surface area contributed by atoms with Gasteiger partial charge in [0.1, 0.15) is 17.5 Å². The largest absolute Gasteiger partial charge is 0.497 e. The van der Waals surface area contributed by atoms with E-state index < -0.39 is 35.8 Å². The van der Waals surface area contributed by atoms with Crippen LogP contribution in [0, 0.1) is 11.8 Å². The van der Waals surface area contributed by atoms with E-state index in [1.165, 1.54) is 26.0 Å². The molecule has 0 aliphatic carbocycles. The van der Waals surface area contributed by atoms with Crippen molar-refractivity contribution in [2.75, 3.05) is 16.9 Å². The number of rotatable bonds is 4. The topological polar surface area (TPSA) is 93.2 Å². The molecule has 2 amide bonds. The first-order valence-corrected chi connectivity index (χ1v) is 10.6. The highest BCUT2D eigenvalue weighted by atomic mass is 16.5. The van der Waals surface area contributed by atoms with E-state index in [0.29, 0.717) is 17.2 Å². The summed E-state index contributed by atoms with van der Waals surface area (Å²) in [6, 6.07) is 10.6. The molecule has 2 aromatic carbocycles. The van der Waals surface area contributed by atoms with Crippen molar-refractivity contribution in [3.05, 3.63) is 54.1 Å². The zero-order chi connectivity index (χ0) is 23.4. The predicted octanol–water partition coefficient (Wildman–Crippen LogP) is 2.60. The summed E-state index contributed by atoms with van der Waals surface area (Å²) in [6.07, 6.45) is 3.80. The van der Waals surface area contributed by atoms with Crippen molar-refractivity contribution < 1.29 is 28.7 Å². The zero-order valence-electron chi connectivity index (χ0n) is 18.3. The van der Waals surface area contributed by atoms with Crippen LogP contribution >= 0.6 is 0 Å². The third-order valence-electron chi connectivity index (χ3n) is 6.49. The van der Waals surface area contributed by atoms with Crippen LogP contribution in [0.5, 0.6) is 11.5 Å². The van der Waals surface area contributed by atoms with E-state index in [1.54, 1.807) is 25.3 Å². The summed E-state index contributed by atoms with van der Waals surface area (Å²) >= 11 is 0. The maximum absolute atomic E-state index is 13.5. The van der Waals surface area contributed by atoms with Crippen LogP contribution in [0.3, 0.4) is 0 Å². The number of amides is 2. The Bertz CT molecular complexity index is 1220. The molecule has 33 heavy (non-hydrogen) atoms. The van der Waals surface area contributed by atoms with Crippen LogP contribution in [0.4, 0.5) is 11.4 Å². The summed E-state index contributed by atoms with van der Waals surface area (Å²) in [6.45, 7) is 2.75. The lowest BCUT2D eigenvalue weighted by atomic mass is 9.88. The van der Waals surface area contributed by atoms with Gasteiger partial charge in [-0.15, -0.1) is 0 Å². The molecule has 8 nitrogen and oxygen atoms in total. The summed E-state index contributed by atoms with van der Waals surface area (Å²) < 4.78 is 10.3. The molecule has 3 aliphatic heterocycles. The van der Waals surface area contributed by atoms with Crippen LogP contribution < -0.4 is 19.3 Å². The number of Topliss-reactive ketones (excluding diaryl/α,β-unsaturated/α-hetero) is 1. The summed E-state index contributed by atoms with van der Waals surface area (Å²) in [5, 5.41) is 0. The van der Waals surface area contributed by atoms with Gasteiger partial charge in [-0.3, -0.25) is 19.2 Å². The van der Waals surface area contributed by atoms with Gasteiger partial charge >= 0.3 is 5.97 Å². The molecular weight excluding hydrogens is 424 g/mol. The average Bonchev–Trinajstić information content (AvgIpc) is 3.26. The van der Waals surface area contributed by atoms with Crippen LogP contribution in [0.1, 0.15) is 19.4 Å². The first-order valence-electron chi connectivity index (χ1n) is 10.6. The van der Waals surface area contributed by atoms with E-state index in [4.69, 9.17) is 9.47 Å². The summed E-state index contributed by atoms with van der Waals surface area (Å²) in [4.78, 5) is 54.1. The first-order chi connectivity index (χ1) is 15.8. The van der Waals surface area contributed by atoms with Crippen molar-refractivity contribution in [2.24, 2.45) is 11.8 Å². The average molecular weight is 446 g/mol. The minimum atomic E-state index is -0.786. The Morgan fingerprint density at radius 1 is 0.909 bits per heavy atom. The van der Waals surface area contributed by atoms with E-state index >= 15 is 0 Å². The van der Waals surface area contributed by atoms with Gasteiger partial charge in [-0.1, -0.05) is 12.2 Å². The Labute approximate surface area is 190 Å². The smallest absolute Gasteiger partial charge is 0.308 e. The lowest BCUT2D eigenvalue weighted by Crippen LogP contribution is -2.48. The van der Waals surface area contributed by atoms with Gasteiger partial charge in [0.2, 0.25) is 11.8 Å². The van der Waals surface area contributed by atoms with Gasteiger partial charge in [0, 0.05) is 18.2 Å². The highest BCUT2D eigenvalue weighted by Crippen LogP contribution is 2.49. The third kappa shape index (κ3) is 3.13. The summed E-state index contributed by atoms with van der Waals surface area (Å²) in [7, 11) is 1.58. The molecule has 0 radical (unpaired) electrons. The second kappa shape index (κ2) is 7.58. The van der Waals surface area contributed by atoms with Gasteiger partial charge in [-0.2, -0.15) is 0 Å². The minimum Gasteiger partial charge on any atom is -0.497 e. The molecule has 0 bridgehead atoms. The number of benzene rings is 2. The van der Waals surface area contributed by atoms with E-state index in [0.717, 1.165) is 16.2 Å². The molecule has 3 heterocycles. The normalized spacial score (nSPS) is 24.9. The molecule has 0 aromatic heterocycles. The SMILES string of the molecule is COc1ccc2c(c1)C=C[C@@H]1[C@H]3C(=O)N(c4ccc(OC(C)=O)cc4)C(=O)[C@@H]3[C@@H](C(C)=O)N21. The van der Waals surface area contributed by atoms with Crippen LogP contribution in [-0.4, -0.2) is 42.8 Å². The highest BCUT2D eigenvalue weighted by molar-refractivity contribution is 6.24. The van der Waals surface area contributed by atoms with E-state index in [9.17, 15) is 19.2 Å². The number of anilines is 2. The van der Waals surface area contributed by atoms with E-state index in [-0.39, 0.29) is 11.7 Å². The number of carbonyl (C=O) groups is 4. The Hall–Kier alpha value is -3.94. The number of methoxy groups -OCH3 is 1. The predicted molar refractivity (Wildman–Crippen MR) is 120 cm³/mol. The van der Waals surface area contributed by atoms with E-state index in [2.05, 4.69) is 0 Å². The van der Waals surface area contributed by atoms with Crippen LogP contribution in [0.25, 0.3) is 6.08 Å². The second-order valence-corrected chi connectivity index (χ2v) is 8.39. The van der Waals surface area contributed by atoms with Crippen molar-refractivity contribution >= 4 is 41.0 Å². The molecule has 2 aromatic rings. The van der Waals surface area contributed by atoms with Crippen molar-refractivity contribution in [1.29, 1.82) is 0 Å². The standard InChI is InChI=1S/C25H22N2O6/c1-13(28)23-22-21(20-10-4-15-12-18(32-3)9-11-19(15)27(20)23)24(30)26(25(22)31)16-5-7-17(8-6-16)33-14(2)29/h4-12,20-23H,1-3H3/t20-,21-,22+,23-/m1/s1. The Kier molecular flexibility index (Phi) is 4.81. The fraction of sp³-hybridized carbons (Fsp3) is 0.280. The molecule has 0 unspecified atom stereocenters. The zero-order valence-corrected chi connectivity index (χ0v) is 18.3. The number of hydrogen-bond donors (Lipinski definition) is 0. The number of ether oxygens (including phenoxy) is 2. The third-order valence-corrected chi connectivity index (χ3v) is 6.49. The van der Waals surface area contributed by atoms with Gasteiger partial charge in [0.25, 0.3) is 0 Å². The second-order valence-electron chi connectivity index (χ2n) is 8.39. The molecule has 3 aliphatic rings. The monoisotopic (exact) mass is 446 g/mol. The van der Waals surface area contributed by atoms with Crippen molar-refractivity contribution in [3.63, 3.8) is 0 Å². The maximum atomic E-state index is 13.5. The van der Waals surface area contributed by atoms with Gasteiger partial charge in [-0.25, -0.2) is 4.90 Å². The molecule has 8 heteroatoms. The van der Waals surface area contributed by atoms with Gasteiger partial charge in [0.05, 0.1) is 30.7 Å². The number of imide groups is 1. The van der Waals surface area contributed by atoms with Crippen molar-refractivity contribution in [3.8, 4) is 11.5 Å². The Morgan fingerprint density at radius 3 is 2.21 bits per heavy atom. The van der Waals surface area contributed by atoms with Gasteiger partial charge in [0.15, 0.2) is 5.78 Å². The summed E-state index contributed by atoms with van der Waals surface area (Å²) in [5.41, 5.74) is 2.06. The number of nitrogens with zero attached hydrogens (tertiary/aromatic N) is 2. The van der Waals surface area contributed by atoms with Crippen LogP contribution in [0.15, 0.2) is 48.5 Å². The lowest BCUT2D eigenvalue weighted by molar-refractivity contribution is -0.132. The molecular formula is C25H22N2O6. The quantitative estimate of drug-likeness (QED) is 0.405. The van der Waals surface area contributed by atoms with Gasteiger partial charge < -0.3 is 14.4 Å². The number of carbonyl (C=O) groups excluding carboxylic acids is 4. The van der Waals surface area contributed by atoms with Crippen molar-refractivity contribution in [2.45, 2.75) is 25.9 Å². The number of fused-ring (bicyclic) bond motifs is 5. The number of hydrogen-bond acceptors (Lipinski definition) is 7. The van der Waals surface area contributed by atoms with Gasteiger partial charge in [-0.05, 0) is 49.4 Å². The Balaban J connectivity index is 1.53.